The minimum atomic E-state index is -3.96. The number of amides is 1. The molecule has 14 heavy (non-hydrogen) atoms. The molecule has 0 heterocycles. The molecule has 78 valence electrons. The van der Waals surface area contributed by atoms with Crippen molar-refractivity contribution < 1.29 is 17.8 Å². The summed E-state index contributed by atoms with van der Waals surface area (Å²) in [6.45, 7) is 5.04. The summed E-state index contributed by atoms with van der Waals surface area (Å²) >= 11 is 0. The van der Waals surface area contributed by atoms with E-state index in [2.05, 4.69) is 11.9 Å². The number of nitrogens with one attached hydrogen (secondary N) is 1. The molecular formula is C7H14KNO4S. The summed E-state index contributed by atoms with van der Waals surface area (Å²) in [5.41, 5.74) is 0. The van der Waals surface area contributed by atoms with Crippen LogP contribution >= 0.6 is 0 Å². The number of hydrogen-bond donors (Lipinski definition) is 2. The molecule has 0 aliphatic heterocycles. The molecule has 5 nitrogen and oxygen atoms in total. The van der Waals surface area contributed by atoms with Gasteiger partial charge in [0.05, 0.1) is 5.75 Å². The predicted molar refractivity (Wildman–Crippen MR) is 55.9 cm³/mol. The van der Waals surface area contributed by atoms with Crippen molar-refractivity contribution >= 4 is 67.4 Å². The molecule has 0 aliphatic rings. The van der Waals surface area contributed by atoms with Gasteiger partial charge in [-0.2, -0.15) is 8.42 Å². The van der Waals surface area contributed by atoms with E-state index in [-0.39, 0.29) is 75.5 Å². The summed E-state index contributed by atoms with van der Waals surface area (Å²) in [5.74, 6) is -1.04. The van der Waals surface area contributed by atoms with Gasteiger partial charge in [-0.05, 0) is 12.0 Å². The van der Waals surface area contributed by atoms with Crippen molar-refractivity contribution in [1.29, 1.82) is 0 Å². The number of hydrogen-bond acceptors (Lipinski definition) is 3. The van der Waals surface area contributed by atoms with Crippen molar-refractivity contribution in [3.63, 3.8) is 0 Å². The van der Waals surface area contributed by atoms with Crippen LogP contribution in [-0.2, 0) is 14.9 Å². The third-order valence-corrected chi connectivity index (χ3v) is 2.30. The first-order valence-electron chi connectivity index (χ1n) is 3.70. The van der Waals surface area contributed by atoms with Crippen molar-refractivity contribution in [3.8, 4) is 0 Å². The molecule has 0 spiro atoms. The summed E-state index contributed by atoms with van der Waals surface area (Å²) in [4.78, 5) is 10.6. The van der Waals surface area contributed by atoms with E-state index in [4.69, 9.17) is 4.55 Å². The molecule has 0 aromatic heterocycles. The average molecular weight is 247 g/mol. The van der Waals surface area contributed by atoms with E-state index in [9.17, 15) is 13.2 Å². The molecule has 0 aromatic carbocycles. The van der Waals surface area contributed by atoms with Crippen molar-refractivity contribution in [3.05, 3.63) is 12.7 Å². The van der Waals surface area contributed by atoms with Gasteiger partial charge in [0.2, 0.25) is 5.91 Å². The Morgan fingerprint density at radius 2 is 2.14 bits per heavy atom. The molecule has 0 aliphatic carbocycles. The van der Waals surface area contributed by atoms with Crippen molar-refractivity contribution in [2.45, 2.75) is 6.92 Å². The molecular weight excluding hydrogens is 233 g/mol. The van der Waals surface area contributed by atoms with Crippen LogP contribution < -0.4 is 5.32 Å². The Hall–Kier alpha value is 0.756. The van der Waals surface area contributed by atoms with E-state index >= 15 is 0 Å². The summed E-state index contributed by atoms with van der Waals surface area (Å²) in [6.07, 6.45) is 1.10. The Balaban J connectivity index is 0. The van der Waals surface area contributed by atoms with E-state index in [0.717, 1.165) is 6.08 Å². The van der Waals surface area contributed by atoms with Gasteiger partial charge in [0.25, 0.3) is 10.1 Å². The number of carbonyl (C=O) groups excluding carboxylic acids is 1. The molecule has 1 unspecified atom stereocenters. The molecule has 2 N–H and O–H groups in total. The Kier molecular flexibility index (Phi) is 9.77. The van der Waals surface area contributed by atoms with Crippen molar-refractivity contribution in [2.75, 3.05) is 12.3 Å². The molecule has 1 amide bonds. The maximum atomic E-state index is 10.6. The SMILES string of the molecule is C=CC(=O)NCC(C)CS(=O)(=O)O.[KH]. The van der Waals surface area contributed by atoms with Gasteiger partial charge in [-0.15, -0.1) is 0 Å². The second-order valence-electron chi connectivity index (χ2n) is 2.80. The Morgan fingerprint density at radius 3 is 2.50 bits per heavy atom. The molecule has 0 aromatic rings. The van der Waals surface area contributed by atoms with Gasteiger partial charge >= 0.3 is 51.4 Å². The Labute approximate surface area is 127 Å². The zero-order chi connectivity index (χ0) is 10.5. The second kappa shape index (κ2) is 7.97. The van der Waals surface area contributed by atoms with Gasteiger partial charge in [0.1, 0.15) is 0 Å². The van der Waals surface area contributed by atoms with Crippen LogP contribution in [0.5, 0.6) is 0 Å². The average Bonchev–Trinajstić information content (AvgIpc) is 1.97. The van der Waals surface area contributed by atoms with Gasteiger partial charge in [-0.3, -0.25) is 9.35 Å². The normalized spacial score (nSPS) is 12.4. The summed E-state index contributed by atoms with van der Waals surface area (Å²) in [7, 11) is -3.96. The van der Waals surface area contributed by atoms with E-state index in [0.29, 0.717) is 0 Å². The van der Waals surface area contributed by atoms with Gasteiger partial charge in [-0.25, -0.2) is 0 Å². The van der Waals surface area contributed by atoms with Gasteiger partial charge in [0, 0.05) is 6.54 Å². The van der Waals surface area contributed by atoms with Crippen LogP contribution in [-0.4, -0.2) is 82.6 Å². The van der Waals surface area contributed by atoms with Crippen LogP contribution in [0.4, 0.5) is 0 Å². The fraction of sp³-hybridized carbons (Fsp3) is 0.571. The third kappa shape index (κ3) is 10.8. The Bertz CT molecular complexity index is 288. The molecule has 0 saturated heterocycles. The van der Waals surface area contributed by atoms with Crippen LogP contribution in [0.25, 0.3) is 0 Å². The topological polar surface area (TPSA) is 83.5 Å². The quantitative estimate of drug-likeness (QED) is 0.377. The zero-order valence-corrected chi connectivity index (χ0v) is 8.17. The first-order valence-corrected chi connectivity index (χ1v) is 5.31. The van der Waals surface area contributed by atoms with Crippen LogP contribution in [0.2, 0.25) is 0 Å². The van der Waals surface area contributed by atoms with E-state index in [1.165, 1.54) is 0 Å². The fourth-order valence-electron chi connectivity index (χ4n) is 0.765. The van der Waals surface area contributed by atoms with Gasteiger partial charge in [-0.1, -0.05) is 13.5 Å². The Morgan fingerprint density at radius 1 is 1.64 bits per heavy atom. The molecule has 7 heteroatoms. The molecule has 0 rings (SSSR count). The summed E-state index contributed by atoms with van der Waals surface area (Å²) in [5, 5.41) is 2.42. The van der Waals surface area contributed by atoms with Crippen LogP contribution in [0.1, 0.15) is 6.92 Å². The summed E-state index contributed by atoms with van der Waals surface area (Å²) < 4.78 is 29.2. The van der Waals surface area contributed by atoms with Gasteiger partial charge in [0.15, 0.2) is 0 Å². The minimum absolute atomic E-state index is 0. The summed E-state index contributed by atoms with van der Waals surface area (Å²) in [6, 6.07) is 0. The predicted octanol–water partition coefficient (Wildman–Crippen LogP) is -0.836. The van der Waals surface area contributed by atoms with Crippen LogP contribution in [0.15, 0.2) is 12.7 Å². The van der Waals surface area contributed by atoms with Crippen molar-refractivity contribution in [1.82, 2.24) is 5.32 Å². The molecule has 1 atom stereocenters. The molecule has 0 saturated carbocycles. The zero-order valence-electron chi connectivity index (χ0n) is 7.36. The van der Waals surface area contributed by atoms with Gasteiger partial charge < -0.3 is 5.32 Å². The van der Waals surface area contributed by atoms with Crippen LogP contribution in [0, 0.1) is 5.92 Å². The monoisotopic (exact) mass is 247 g/mol. The van der Waals surface area contributed by atoms with Crippen molar-refractivity contribution in [2.24, 2.45) is 5.92 Å². The number of carbonyl (C=O) groups is 1. The first-order chi connectivity index (χ1) is 5.85. The first kappa shape index (κ1) is 17.2. The maximum absolute atomic E-state index is 10.6. The standard InChI is InChI=1S/C7H13NO4S.K.H/c1-3-7(9)8-4-6(2)5-13(10,11)12;;/h3,6H,1,4-5H2,2H3,(H,8,9)(H,10,11,12);;. The molecule has 0 bridgehead atoms. The van der Waals surface area contributed by atoms with E-state index < -0.39 is 10.1 Å². The van der Waals surface area contributed by atoms with E-state index in [1.54, 1.807) is 6.92 Å². The fourth-order valence-corrected chi connectivity index (χ4v) is 1.60. The molecule has 0 radical (unpaired) electrons. The third-order valence-electron chi connectivity index (χ3n) is 1.31. The molecule has 0 fully saturated rings. The number of rotatable bonds is 5. The van der Waals surface area contributed by atoms with E-state index in [1.807, 2.05) is 0 Å². The second-order valence-corrected chi connectivity index (χ2v) is 4.30. The van der Waals surface area contributed by atoms with Crippen LogP contribution in [0.3, 0.4) is 0 Å².